The molecule has 4 rings (SSSR count). The van der Waals surface area contributed by atoms with Gasteiger partial charge in [-0.1, -0.05) is 18.2 Å². The quantitative estimate of drug-likeness (QED) is 0.799. The van der Waals surface area contributed by atoms with E-state index in [0.717, 1.165) is 29.5 Å². The fourth-order valence-corrected chi connectivity index (χ4v) is 2.59. The second-order valence-electron chi connectivity index (χ2n) is 5.36. The highest BCUT2D eigenvalue weighted by Crippen LogP contribution is 2.30. The fraction of sp³-hybridized carbons (Fsp3) is 0.250. The molecule has 1 amide bonds. The molecule has 3 aromatic rings. The van der Waals surface area contributed by atoms with Gasteiger partial charge in [-0.15, -0.1) is 0 Å². The van der Waals surface area contributed by atoms with Crippen molar-refractivity contribution in [2.24, 2.45) is 0 Å². The summed E-state index contributed by atoms with van der Waals surface area (Å²) in [6, 6.07) is 11.7. The average molecular weight is 281 g/mol. The molecule has 5 nitrogen and oxygen atoms in total. The second-order valence-corrected chi connectivity index (χ2v) is 5.36. The second kappa shape index (κ2) is 4.77. The molecule has 0 bridgehead atoms. The van der Waals surface area contributed by atoms with E-state index in [2.05, 4.69) is 10.2 Å². The normalized spacial score (nSPS) is 14.5. The van der Waals surface area contributed by atoms with Gasteiger partial charge >= 0.3 is 0 Å². The number of nitrogens with one attached hydrogen (secondary N) is 1. The molecule has 0 aliphatic heterocycles. The lowest BCUT2D eigenvalue weighted by atomic mass is 10.2. The van der Waals surface area contributed by atoms with Crippen LogP contribution in [-0.4, -0.2) is 27.0 Å². The van der Waals surface area contributed by atoms with Crippen LogP contribution in [0.25, 0.3) is 10.9 Å². The molecule has 0 radical (unpaired) electrons. The molecule has 0 saturated heterocycles. The van der Waals surface area contributed by atoms with E-state index in [0.29, 0.717) is 18.3 Å². The van der Waals surface area contributed by atoms with Crippen LogP contribution in [0.1, 0.15) is 29.1 Å². The summed E-state index contributed by atoms with van der Waals surface area (Å²) in [5.41, 5.74) is 1.37. The summed E-state index contributed by atoms with van der Waals surface area (Å²) in [6.45, 7) is 0.498. The van der Waals surface area contributed by atoms with E-state index in [4.69, 9.17) is 4.42 Å². The Morgan fingerprint density at radius 1 is 1.29 bits per heavy atom. The number of carbonyl (C=O) groups is 1. The van der Waals surface area contributed by atoms with E-state index < -0.39 is 0 Å². The zero-order valence-electron chi connectivity index (χ0n) is 11.5. The van der Waals surface area contributed by atoms with Crippen LogP contribution in [0.5, 0.6) is 0 Å². The minimum Gasteiger partial charge on any atom is -0.467 e. The van der Waals surface area contributed by atoms with Gasteiger partial charge in [-0.25, -0.2) is 0 Å². The van der Waals surface area contributed by atoms with Gasteiger partial charge < -0.3 is 9.32 Å². The van der Waals surface area contributed by atoms with Crippen LogP contribution in [0.4, 0.5) is 0 Å². The van der Waals surface area contributed by atoms with Gasteiger partial charge in [-0.05, 0) is 31.0 Å². The van der Waals surface area contributed by atoms with Crippen LogP contribution in [0, 0.1) is 0 Å². The molecular formula is C16H15N3O2. The largest absolute Gasteiger partial charge is 0.467 e. The first kappa shape index (κ1) is 12.2. The molecule has 5 heteroatoms. The van der Waals surface area contributed by atoms with Crippen molar-refractivity contribution in [1.29, 1.82) is 0 Å². The number of benzene rings is 1. The average Bonchev–Trinajstić information content (AvgIpc) is 3.05. The van der Waals surface area contributed by atoms with Crippen molar-refractivity contribution in [3.63, 3.8) is 0 Å². The van der Waals surface area contributed by atoms with E-state index in [1.54, 1.807) is 6.26 Å². The predicted octanol–water partition coefficient (Wildman–Crippen LogP) is 2.96. The summed E-state index contributed by atoms with van der Waals surface area (Å²) in [7, 11) is 0. The number of amides is 1. The summed E-state index contributed by atoms with van der Waals surface area (Å²) < 4.78 is 5.37. The monoisotopic (exact) mass is 281 g/mol. The van der Waals surface area contributed by atoms with E-state index >= 15 is 0 Å². The molecule has 1 saturated carbocycles. The van der Waals surface area contributed by atoms with E-state index in [9.17, 15) is 4.79 Å². The maximum atomic E-state index is 12.8. The summed E-state index contributed by atoms with van der Waals surface area (Å²) >= 11 is 0. The molecule has 1 N–H and O–H groups in total. The summed E-state index contributed by atoms with van der Waals surface area (Å²) in [5, 5.41) is 8.00. The number of furan rings is 1. The molecule has 106 valence electrons. The van der Waals surface area contributed by atoms with Gasteiger partial charge in [0.15, 0.2) is 5.69 Å². The molecule has 2 aromatic heterocycles. The Balaban J connectivity index is 1.67. The van der Waals surface area contributed by atoms with Gasteiger partial charge in [0.05, 0.1) is 18.3 Å². The number of fused-ring (bicyclic) bond motifs is 1. The zero-order valence-corrected chi connectivity index (χ0v) is 11.5. The Morgan fingerprint density at radius 2 is 2.14 bits per heavy atom. The summed E-state index contributed by atoms with van der Waals surface area (Å²) in [5.74, 6) is 0.765. The number of rotatable bonds is 4. The van der Waals surface area contributed by atoms with Crippen LogP contribution in [-0.2, 0) is 6.54 Å². The molecule has 1 fully saturated rings. The van der Waals surface area contributed by atoms with Crippen molar-refractivity contribution >= 4 is 16.8 Å². The number of hydrogen-bond donors (Lipinski definition) is 1. The maximum Gasteiger partial charge on any atom is 0.275 e. The molecule has 2 heterocycles. The predicted molar refractivity (Wildman–Crippen MR) is 77.7 cm³/mol. The van der Waals surface area contributed by atoms with Gasteiger partial charge in [-0.2, -0.15) is 5.10 Å². The minimum atomic E-state index is -0.0358. The SMILES string of the molecule is O=C(c1n[nH]c2ccccc12)N(Cc1ccco1)C1CC1. The Kier molecular flexibility index (Phi) is 2.77. The molecule has 0 unspecified atom stereocenters. The molecule has 1 aliphatic carbocycles. The number of H-pyrrole nitrogens is 1. The van der Waals surface area contributed by atoms with E-state index in [-0.39, 0.29) is 5.91 Å². The highest BCUT2D eigenvalue weighted by Gasteiger charge is 2.35. The summed E-state index contributed by atoms with van der Waals surface area (Å²) in [6.07, 6.45) is 3.73. The fourth-order valence-electron chi connectivity index (χ4n) is 2.59. The Bertz CT molecular complexity index is 772. The maximum absolute atomic E-state index is 12.8. The van der Waals surface area contributed by atoms with Gasteiger partial charge in [-0.3, -0.25) is 9.89 Å². The third kappa shape index (κ3) is 2.20. The summed E-state index contributed by atoms with van der Waals surface area (Å²) in [4.78, 5) is 14.7. The lowest BCUT2D eigenvalue weighted by molar-refractivity contribution is 0.0713. The van der Waals surface area contributed by atoms with Crippen LogP contribution in [0.2, 0.25) is 0 Å². The van der Waals surface area contributed by atoms with Crippen molar-refractivity contribution in [1.82, 2.24) is 15.1 Å². The van der Waals surface area contributed by atoms with Gasteiger partial charge in [0, 0.05) is 11.4 Å². The van der Waals surface area contributed by atoms with Crippen LogP contribution in [0.15, 0.2) is 47.1 Å². The van der Waals surface area contributed by atoms with Crippen molar-refractivity contribution < 1.29 is 9.21 Å². The highest BCUT2D eigenvalue weighted by molar-refractivity contribution is 6.04. The lowest BCUT2D eigenvalue weighted by Gasteiger charge is -2.20. The number of aromatic nitrogens is 2. The lowest BCUT2D eigenvalue weighted by Crippen LogP contribution is -2.32. The standard InChI is InChI=1S/C16H15N3O2/c20-16(15-13-5-1-2-6-14(13)17-18-15)19(11-7-8-11)10-12-4-3-9-21-12/h1-6,9,11H,7-8,10H2,(H,17,18). The zero-order chi connectivity index (χ0) is 14.2. The number of aromatic amines is 1. The smallest absolute Gasteiger partial charge is 0.275 e. The van der Waals surface area contributed by atoms with E-state index in [1.165, 1.54) is 0 Å². The number of carbonyl (C=O) groups excluding carboxylic acids is 1. The molecule has 0 atom stereocenters. The first-order chi connectivity index (χ1) is 10.3. The molecule has 1 aliphatic rings. The van der Waals surface area contributed by atoms with Crippen molar-refractivity contribution in [2.45, 2.75) is 25.4 Å². The van der Waals surface area contributed by atoms with Crippen molar-refractivity contribution in [3.8, 4) is 0 Å². The number of hydrogen-bond acceptors (Lipinski definition) is 3. The van der Waals surface area contributed by atoms with Gasteiger partial charge in [0.25, 0.3) is 5.91 Å². The Morgan fingerprint density at radius 3 is 2.90 bits per heavy atom. The molecule has 0 spiro atoms. The third-order valence-corrected chi connectivity index (χ3v) is 3.83. The number of para-hydroxylation sites is 1. The minimum absolute atomic E-state index is 0.0358. The Hall–Kier alpha value is -2.56. The molecule has 21 heavy (non-hydrogen) atoms. The van der Waals surface area contributed by atoms with Crippen LogP contribution < -0.4 is 0 Å². The van der Waals surface area contributed by atoms with Crippen molar-refractivity contribution in [2.75, 3.05) is 0 Å². The third-order valence-electron chi connectivity index (χ3n) is 3.83. The first-order valence-electron chi connectivity index (χ1n) is 7.09. The highest BCUT2D eigenvalue weighted by atomic mass is 16.3. The van der Waals surface area contributed by atoms with Gasteiger partial charge in [0.1, 0.15) is 5.76 Å². The Labute approximate surface area is 121 Å². The topological polar surface area (TPSA) is 62.1 Å². The molecule has 1 aromatic carbocycles. The molecular weight excluding hydrogens is 266 g/mol. The first-order valence-corrected chi connectivity index (χ1v) is 7.09. The van der Waals surface area contributed by atoms with Crippen LogP contribution in [0.3, 0.4) is 0 Å². The van der Waals surface area contributed by atoms with Crippen molar-refractivity contribution in [3.05, 3.63) is 54.1 Å². The number of nitrogens with zero attached hydrogens (tertiary/aromatic N) is 2. The van der Waals surface area contributed by atoms with Crippen LogP contribution >= 0.6 is 0 Å². The van der Waals surface area contributed by atoms with Gasteiger partial charge in [0.2, 0.25) is 0 Å². The van der Waals surface area contributed by atoms with E-state index in [1.807, 2.05) is 41.3 Å².